The molecule has 2 heterocycles. The van der Waals surface area contributed by atoms with E-state index in [-0.39, 0.29) is 0 Å². The lowest BCUT2D eigenvalue weighted by Gasteiger charge is -2.06. The number of hydrogen-bond donors (Lipinski definition) is 0. The largest absolute Gasteiger partial charge is 0.416 e. The SMILES string of the molecule is FC(F)(F)c1ccn2c(c1)nc1ccccc12. The second-order valence-corrected chi connectivity index (χ2v) is 3.74. The van der Waals surface area contributed by atoms with Gasteiger partial charge >= 0.3 is 6.18 Å². The molecule has 0 aliphatic rings. The van der Waals surface area contributed by atoms with Gasteiger partial charge in [0.25, 0.3) is 0 Å². The number of halogens is 3. The molecule has 0 atom stereocenters. The summed E-state index contributed by atoms with van der Waals surface area (Å²) in [5.41, 5.74) is 1.12. The van der Waals surface area contributed by atoms with Crippen LogP contribution in [-0.2, 0) is 6.18 Å². The summed E-state index contributed by atoms with van der Waals surface area (Å²) in [6, 6.07) is 9.34. The summed E-state index contributed by atoms with van der Waals surface area (Å²) in [7, 11) is 0. The molecule has 0 bridgehead atoms. The minimum Gasteiger partial charge on any atom is -0.300 e. The van der Waals surface area contributed by atoms with E-state index in [0.29, 0.717) is 11.2 Å². The summed E-state index contributed by atoms with van der Waals surface area (Å²) < 4.78 is 39.2. The number of rotatable bonds is 0. The molecule has 1 aromatic carbocycles. The molecule has 5 heteroatoms. The van der Waals surface area contributed by atoms with Crippen molar-refractivity contribution >= 4 is 16.7 Å². The quantitative estimate of drug-likeness (QED) is 0.583. The standard InChI is InChI=1S/C12H7F3N2/c13-12(14,15)8-5-6-17-10-4-2-1-3-9(10)16-11(17)7-8/h1-7H. The lowest BCUT2D eigenvalue weighted by atomic mass is 10.2. The van der Waals surface area contributed by atoms with E-state index in [0.717, 1.165) is 17.6 Å². The molecule has 3 rings (SSSR count). The Kier molecular flexibility index (Phi) is 1.92. The molecule has 0 amide bonds. The predicted octanol–water partition coefficient (Wildman–Crippen LogP) is 3.51. The minimum atomic E-state index is -4.33. The zero-order chi connectivity index (χ0) is 12.0. The predicted molar refractivity (Wildman–Crippen MR) is 57.7 cm³/mol. The van der Waals surface area contributed by atoms with Crippen LogP contribution in [0.3, 0.4) is 0 Å². The first-order valence-corrected chi connectivity index (χ1v) is 5.00. The van der Waals surface area contributed by atoms with E-state index in [4.69, 9.17) is 0 Å². The van der Waals surface area contributed by atoms with Crippen molar-refractivity contribution in [2.45, 2.75) is 6.18 Å². The van der Waals surface area contributed by atoms with Crippen molar-refractivity contribution < 1.29 is 13.2 Å². The average Bonchev–Trinajstić information content (AvgIpc) is 2.65. The minimum absolute atomic E-state index is 0.307. The van der Waals surface area contributed by atoms with Gasteiger partial charge in [-0.3, -0.25) is 4.40 Å². The summed E-state index contributed by atoms with van der Waals surface area (Å²) in [6.45, 7) is 0. The van der Waals surface area contributed by atoms with Gasteiger partial charge in [0.15, 0.2) is 0 Å². The number of aromatic nitrogens is 2. The molecular formula is C12H7F3N2. The third-order valence-electron chi connectivity index (χ3n) is 2.64. The molecule has 0 N–H and O–H groups in total. The van der Waals surface area contributed by atoms with Crippen molar-refractivity contribution in [3.05, 3.63) is 48.2 Å². The van der Waals surface area contributed by atoms with Gasteiger partial charge in [0.1, 0.15) is 5.65 Å². The van der Waals surface area contributed by atoms with Gasteiger partial charge in [0.2, 0.25) is 0 Å². The van der Waals surface area contributed by atoms with E-state index in [1.165, 1.54) is 6.20 Å². The van der Waals surface area contributed by atoms with E-state index >= 15 is 0 Å². The first-order chi connectivity index (χ1) is 8.05. The fourth-order valence-electron chi connectivity index (χ4n) is 1.84. The monoisotopic (exact) mass is 236 g/mol. The van der Waals surface area contributed by atoms with Crippen LogP contribution in [0.1, 0.15) is 5.56 Å². The number of benzene rings is 1. The molecule has 0 aliphatic carbocycles. The maximum Gasteiger partial charge on any atom is 0.416 e. The van der Waals surface area contributed by atoms with Gasteiger partial charge < -0.3 is 0 Å². The third kappa shape index (κ3) is 1.54. The fraction of sp³-hybridized carbons (Fsp3) is 0.0833. The Morgan fingerprint density at radius 1 is 1.06 bits per heavy atom. The number of nitrogens with zero attached hydrogens (tertiary/aromatic N) is 2. The summed E-state index contributed by atoms with van der Waals surface area (Å²) >= 11 is 0. The van der Waals surface area contributed by atoms with Gasteiger partial charge in [-0.05, 0) is 24.3 Å². The first-order valence-electron chi connectivity index (χ1n) is 5.00. The maximum absolute atomic E-state index is 12.5. The highest BCUT2D eigenvalue weighted by molar-refractivity contribution is 5.80. The molecular weight excluding hydrogens is 229 g/mol. The summed E-state index contributed by atoms with van der Waals surface area (Å²) in [5, 5.41) is 0. The number of para-hydroxylation sites is 2. The van der Waals surface area contributed by atoms with Gasteiger partial charge in [-0.25, -0.2) is 4.98 Å². The average molecular weight is 236 g/mol. The molecule has 0 saturated heterocycles. The van der Waals surface area contributed by atoms with Crippen molar-refractivity contribution in [1.29, 1.82) is 0 Å². The van der Waals surface area contributed by atoms with Crippen molar-refractivity contribution in [1.82, 2.24) is 9.38 Å². The number of hydrogen-bond acceptors (Lipinski definition) is 1. The van der Waals surface area contributed by atoms with Crippen LogP contribution in [0.15, 0.2) is 42.6 Å². The van der Waals surface area contributed by atoms with Gasteiger partial charge in [0.05, 0.1) is 16.6 Å². The topological polar surface area (TPSA) is 17.3 Å². The van der Waals surface area contributed by atoms with Crippen LogP contribution in [0, 0.1) is 0 Å². The summed E-state index contributed by atoms with van der Waals surface area (Å²) in [4.78, 5) is 4.15. The highest BCUT2D eigenvalue weighted by Crippen LogP contribution is 2.30. The zero-order valence-electron chi connectivity index (χ0n) is 8.57. The zero-order valence-corrected chi connectivity index (χ0v) is 8.57. The van der Waals surface area contributed by atoms with Crippen LogP contribution in [0.4, 0.5) is 13.2 Å². The highest BCUT2D eigenvalue weighted by atomic mass is 19.4. The number of alkyl halides is 3. The molecule has 0 saturated carbocycles. The Morgan fingerprint density at radius 3 is 2.59 bits per heavy atom. The molecule has 0 spiro atoms. The van der Waals surface area contributed by atoms with E-state index in [9.17, 15) is 13.2 Å². The third-order valence-corrected chi connectivity index (χ3v) is 2.64. The Labute approximate surface area is 94.3 Å². The lowest BCUT2D eigenvalue weighted by molar-refractivity contribution is -0.137. The molecule has 2 nitrogen and oxygen atoms in total. The molecule has 0 unspecified atom stereocenters. The Balaban J connectivity index is 2.34. The smallest absolute Gasteiger partial charge is 0.300 e. The van der Waals surface area contributed by atoms with Crippen molar-refractivity contribution in [3.8, 4) is 0 Å². The molecule has 86 valence electrons. The molecule has 3 aromatic rings. The highest BCUT2D eigenvalue weighted by Gasteiger charge is 2.30. The number of fused-ring (bicyclic) bond motifs is 3. The molecule has 0 radical (unpaired) electrons. The molecule has 0 aliphatic heterocycles. The Hall–Kier alpha value is -2.04. The van der Waals surface area contributed by atoms with Crippen LogP contribution < -0.4 is 0 Å². The van der Waals surface area contributed by atoms with E-state index in [1.54, 1.807) is 16.5 Å². The van der Waals surface area contributed by atoms with Crippen LogP contribution >= 0.6 is 0 Å². The summed E-state index contributed by atoms with van der Waals surface area (Å²) in [6.07, 6.45) is -2.94. The second-order valence-electron chi connectivity index (χ2n) is 3.74. The normalized spacial score (nSPS) is 12.4. The number of imidazole rings is 1. The Bertz CT molecular complexity index is 698. The van der Waals surface area contributed by atoms with Crippen molar-refractivity contribution in [3.63, 3.8) is 0 Å². The lowest BCUT2D eigenvalue weighted by Crippen LogP contribution is -2.05. The molecule has 2 aromatic heterocycles. The van der Waals surface area contributed by atoms with Crippen molar-refractivity contribution in [2.24, 2.45) is 0 Å². The number of pyridine rings is 1. The maximum atomic E-state index is 12.5. The van der Waals surface area contributed by atoms with Gasteiger partial charge in [-0.15, -0.1) is 0 Å². The van der Waals surface area contributed by atoms with Gasteiger partial charge in [-0.2, -0.15) is 13.2 Å². The first kappa shape index (κ1) is 10.1. The van der Waals surface area contributed by atoms with Crippen molar-refractivity contribution in [2.75, 3.05) is 0 Å². The molecule has 17 heavy (non-hydrogen) atoms. The van der Waals surface area contributed by atoms with E-state index in [1.807, 2.05) is 12.1 Å². The van der Waals surface area contributed by atoms with E-state index in [2.05, 4.69) is 4.98 Å². The fourth-order valence-corrected chi connectivity index (χ4v) is 1.84. The van der Waals surface area contributed by atoms with Gasteiger partial charge in [-0.1, -0.05) is 12.1 Å². The molecule has 0 fully saturated rings. The second kappa shape index (κ2) is 3.23. The van der Waals surface area contributed by atoms with Crippen LogP contribution in [0.5, 0.6) is 0 Å². The van der Waals surface area contributed by atoms with Crippen LogP contribution in [-0.4, -0.2) is 9.38 Å². The van der Waals surface area contributed by atoms with Gasteiger partial charge in [0, 0.05) is 6.20 Å². The van der Waals surface area contributed by atoms with Crippen LogP contribution in [0.25, 0.3) is 16.7 Å². The van der Waals surface area contributed by atoms with Crippen LogP contribution in [0.2, 0.25) is 0 Å². The summed E-state index contributed by atoms with van der Waals surface area (Å²) in [5.74, 6) is 0. The Morgan fingerprint density at radius 2 is 1.82 bits per heavy atom. The van der Waals surface area contributed by atoms with E-state index < -0.39 is 11.7 Å².